The van der Waals surface area contributed by atoms with Gasteiger partial charge in [-0.25, -0.2) is 0 Å². The molecule has 0 saturated carbocycles. The van der Waals surface area contributed by atoms with Gasteiger partial charge in [0.1, 0.15) is 53.8 Å². The number of unbranched alkanes of at least 4 members (excludes halogenated alkanes) is 1. The van der Waals surface area contributed by atoms with Crippen molar-refractivity contribution in [2.24, 2.45) is 17.2 Å². The van der Waals surface area contributed by atoms with Crippen molar-refractivity contribution in [3.8, 4) is 11.5 Å². The van der Waals surface area contributed by atoms with Crippen LogP contribution >= 0.6 is 33.2 Å². The van der Waals surface area contributed by atoms with Crippen LogP contribution in [0.5, 0.6) is 11.5 Å². The van der Waals surface area contributed by atoms with Crippen LogP contribution in [0.25, 0.3) is 0 Å². The first-order valence-corrected chi connectivity index (χ1v) is 28.5. The first-order valence-electron chi connectivity index (χ1n) is 25.6. The molecule has 1 aliphatic rings. The number of aliphatic hydroxyl groups is 1. The number of phenolic OH excluding ortho intramolecular Hbond substituents is 2. The maximum Gasteiger partial charge on any atom is 0.245 e. The minimum Gasteiger partial charge on any atom is -0.508 e. The van der Waals surface area contributed by atoms with E-state index in [2.05, 4.69) is 42.5 Å². The quantitative estimate of drug-likeness (QED) is 0.0412. The van der Waals surface area contributed by atoms with E-state index in [0.29, 0.717) is 33.8 Å². The van der Waals surface area contributed by atoms with Crippen LogP contribution in [0.2, 0.25) is 5.02 Å². The molecule has 1 heterocycles. The summed E-state index contributed by atoms with van der Waals surface area (Å²) < 4.78 is 0. The molecular formula is C54H68ClN11O12S2. The topological polar surface area (TPSA) is 389 Å². The zero-order valence-corrected chi connectivity index (χ0v) is 46.2. The highest BCUT2D eigenvalue weighted by Crippen LogP contribution is 2.25. The minimum atomic E-state index is -1.75. The lowest BCUT2D eigenvalue weighted by atomic mass is 10.0. The van der Waals surface area contributed by atoms with Gasteiger partial charge in [0, 0.05) is 47.9 Å². The van der Waals surface area contributed by atoms with E-state index in [0.717, 1.165) is 27.2 Å². The van der Waals surface area contributed by atoms with Crippen molar-refractivity contribution in [2.75, 3.05) is 29.9 Å². The van der Waals surface area contributed by atoms with Crippen molar-refractivity contribution in [3.05, 3.63) is 124 Å². The van der Waals surface area contributed by atoms with E-state index in [1.54, 1.807) is 48.5 Å². The molecule has 1 saturated heterocycles. The molecule has 0 aliphatic carbocycles. The number of aryl methyl sites for hydroxylation is 1. The van der Waals surface area contributed by atoms with E-state index in [9.17, 15) is 58.5 Å². The number of rotatable bonds is 20. The van der Waals surface area contributed by atoms with Gasteiger partial charge in [-0.15, -0.1) is 0 Å². The molecule has 430 valence electrons. The van der Waals surface area contributed by atoms with E-state index in [1.807, 2.05) is 0 Å². The molecule has 8 atom stereocenters. The molecule has 4 aromatic carbocycles. The number of anilines is 1. The van der Waals surface area contributed by atoms with Gasteiger partial charge in [0.2, 0.25) is 53.2 Å². The highest BCUT2D eigenvalue weighted by molar-refractivity contribution is 8.76. The van der Waals surface area contributed by atoms with Gasteiger partial charge in [0.15, 0.2) is 0 Å². The number of halogens is 1. The first-order chi connectivity index (χ1) is 38.2. The Morgan fingerprint density at radius 2 is 1.18 bits per heavy atom. The monoisotopic (exact) mass is 1160 g/mol. The second-order valence-corrected chi connectivity index (χ2v) is 21.9. The molecule has 1 fully saturated rings. The summed E-state index contributed by atoms with van der Waals surface area (Å²) >= 11 is 6.07. The predicted octanol–water partition coefficient (Wildman–Crippen LogP) is 0.0928. The average molecular weight is 1160 g/mol. The van der Waals surface area contributed by atoms with Crippen molar-refractivity contribution >= 4 is 92.0 Å². The maximum absolute atomic E-state index is 14.8. The van der Waals surface area contributed by atoms with E-state index in [1.165, 1.54) is 55.5 Å². The SMILES string of the molecule is C[C@@H](O)[C@@H]1NC(=O)[C@H](CCCCN)NC(=O)[C@@H](Cc2ccc(NC(=O)CN)cc2)NC(=O)[C@H](Cc2ccc(O)cc2)NC(=O)[C@H](NC(=O)CCc2ccc(Cl)cc2)CSSC[C@@H](C(=O)N[C@H](Cc2ccc(O)cc2)C(N)=O)NC1=O. The Bertz CT molecular complexity index is 2760. The number of benzene rings is 4. The van der Waals surface area contributed by atoms with Gasteiger partial charge in [-0.2, -0.15) is 0 Å². The van der Waals surface area contributed by atoms with Crippen LogP contribution in [0.1, 0.15) is 54.9 Å². The molecule has 0 bridgehead atoms. The summed E-state index contributed by atoms with van der Waals surface area (Å²) in [5.41, 5.74) is 19.6. The number of nitrogens with two attached hydrogens (primary N) is 3. The summed E-state index contributed by atoms with van der Waals surface area (Å²) in [6.45, 7) is 1.15. The Labute approximate surface area is 475 Å². The fourth-order valence-electron chi connectivity index (χ4n) is 8.09. The van der Waals surface area contributed by atoms with Crippen LogP contribution in [0.4, 0.5) is 5.69 Å². The molecule has 80 heavy (non-hydrogen) atoms. The largest absolute Gasteiger partial charge is 0.508 e. The lowest BCUT2D eigenvalue weighted by Gasteiger charge is -2.29. The summed E-state index contributed by atoms with van der Waals surface area (Å²) in [6.07, 6.45) is -1.29. The molecule has 0 aromatic heterocycles. The van der Waals surface area contributed by atoms with Crippen LogP contribution in [0, 0.1) is 0 Å². The summed E-state index contributed by atoms with van der Waals surface area (Å²) in [4.78, 5) is 125. The summed E-state index contributed by atoms with van der Waals surface area (Å²) in [7, 11) is 1.97. The number of aromatic hydroxyl groups is 2. The average Bonchev–Trinajstić information content (AvgIpc) is 3.43. The highest BCUT2D eigenvalue weighted by Gasteiger charge is 2.36. The summed E-state index contributed by atoms with van der Waals surface area (Å²) in [5.74, 6) is -8.02. The van der Waals surface area contributed by atoms with Crippen molar-refractivity contribution in [3.63, 3.8) is 0 Å². The van der Waals surface area contributed by atoms with E-state index < -0.39 is 102 Å². The second kappa shape index (κ2) is 32.0. The van der Waals surface area contributed by atoms with Gasteiger partial charge < -0.3 is 75.1 Å². The highest BCUT2D eigenvalue weighted by atomic mass is 35.5. The Morgan fingerprint density at radius 1 is 0.650 bits per heavy atom. The zero-order valence-electron chi connectivity index (χ0n) is 43.8. The number of hydrogen-bond acceptors (Lipinski definition) is 16. The van der Waals surface area contributed by atoms with Crippen LogP contribution in [-0.2, 0) is 68.8 Å². The van der Waals surface area contributed by atoms with Gasteiger partial charge in [-0.05, 0) is 110 Å². The van der Waals surface area contributed by atoms with Gasteiger partial charge in [-0.1, -0.05) is 81.7 Å². The van der Waals surface area contributed by atoms with Gasteiger partial charge in [-0.3, -0.25) is 43.2 Å². The minimum absolute atomic E-state index is 0.0418. The van der Waals surface area contributed by atoms with Crippen molar-refractivity contribution in [1.29, 1.82) is 0 Å². The standard InChI is InChI=1S/C54H68ClN11O12S2/c1-30(67)47-54(78)65-44(53(77)62-40(48(58)72)24-33-9-18-37(68)19-10-33)29-80-79-28-43(60-45(70)22-13-31-5-14-35(55)15-6-31)52(76)64-42(26-34-11-20-38(69)21-12-34)51(75)63-41(25-32-7-16-36(17-8-32)59-46(71)27-57)50(74)61-39(49(73)66-47)4-2-3-23-56/h5-12,14-21,30,39-44,47,67-69H,2-4,13,22-29,56-57H2,1H3,(H2,58,72)(H,59,71)(H,60,70)(H,61,74)(H,62,77)(H,63,75)(H,64,76)(H,65,78)(H,66,73)/t30-,39+,40-,41-,42+,43-,44+,47+/m1/s1. The number of carbonyl (C=O) groups excluding carboxylic acids is 9. The summed E-state index contributed by atoms with van der Waals surface area (Å²) in [5, 5.41) is 52.6. The predicted molar refractivity (Wildman–Crippen MR) is 303 cm³/mol. The Morgan fingerprint density at radius 3 is 1.74 bits per heavy atom. The third kappa shape index (κ3) is 21.0. The molecule has 0 spiro atoms. The van der Waals surface area contributed by atoms with E-state index >= 15 is 0 Å². The zero-order chi connectivity index (χ0) is 58.3. The molecule has 5 rings (SSSR count). The van der Waals surface area contributed by atoms with Crippen molar-refractivity contribution in [2.45, 2.75) is 107 Å². The first kappa shape index (κ1) is 63.4. The number of carbonyl (C=O) groups is 9. The molecule has 0 unspecified atom stereocenters. The van der Waals surface area contributed by atoms with Gasteiger partial charge in [0.05, 0.1) is 12.6 Å². The van der Waals surface area contributed by atoms with Crippen molar-refractivity contribution in [1.82, 2.24) is 37.2 Å². The van der Waals surface area contributed by atoms with Crippen LogP contribution in [0.15, 0.2) is 97.1 Å². The van der Waals surface area contributed by atoms with Gasteiger partial charge >= 0.3 is 0 Å². The normalized spacial score (nSPS) is 20.5. The lowest BCUT2D eigenvalue weighted by Crippen LogP contribution is -2.62. The Kier molecular flexibility index (Phi) is 25.4. The van der Waals surface area contributed by atoms with Crippen LogP contribution in [0.3, 0.4) is 0 Å². The Hall–Kier alpha value is -7.42. The van der Waals surface area contributed by atoms with Crippen molar-refractivity contribution < 1.29 is 58.5 Å². The third-order valence-corrected chi connectivity index (χ3v) is 15.2. The lowest BCUT2D eigenvalue weighted by molar-refractivity contribution is -0.136. The fourth-order valence-corrected chi connectivity index (χ4v) is 10.5. The molecule has 17 N–H and O–H groups in total. The van der Waals surface area contributed by atoms with Crippen LogP contribution in [-0.4, -0.2) is 141 Å². The molecule has 9 amide bonds. The van der Waals surface area contributed by atoms with E-state index in [4.69, 9.17) is 28.8 Å². The van der Waals surface area contributed by atoms with Gasteiger partial charge in [0.25, 0.3) is 0 Å². The molecule has 23 nitrogen and oxygen atoms in total. The number of primary amides is 1. The Balaban J connectivity index is 1.56. The number of aliphatic hydroxyl groups excluding tert-OH is 1. The number of nitrogens with one attached hydrogen (secondary N) is 8. The number of amides is 9. The number of hydrogen-bond donors (Lipinski definition) is 14. The molecule has 1 aliphatic heterocycles. The smallest absolute Gasteiger partial charge is 0.245 e. The molecule has 0 radical (unpaired) electrons. The second-order valence-electron chi connectivity index (χ2n) is 18.9. The molecule has 26 heteroatoms. The number of phenols is 2. The molecule has 4 aromatic rings. The fraction of sp³-hybridized carbons (Fsp3) is 0.389. The van der Waals surface area contributed by atoms with E-state index in [-0.39, 0.29) is 81.0 Å². The molecular weight excluding hydrogens is 1090 g/mol. The maximum atomic E-state index is 14.8. The summed E-state index contributed by atoms with van der Waals surface area (Å²) in [6, 6.07) is 14.4. The van der Waals surface area contributed by atoms with Crippen LogP contribution < -0.4 is 59.7 Å². The third-order valence-electron chi connectivity index (χ3n) is 12.6.